The normalized spacial score (nSPS) is 10.9. The van der Waals surface area contributed by atoms with E-state index in [2.05, 4.69) is 58.0 Å². The summed E-state index contributed by atoms with van der Waals surface area (Å²) in [5.41, 5.74) is 3.45. The second kappa shape index (κ2) is 9.28. The lowest BCUT2D eigenvalue weighted by molar-refractivity contribution is -0.118. The third-order valence-electron chi connectivity index (χ3n) is 4.45. The van der Waals surface area contributed by atoms with Crippen LogP contribution in [0.25, 0.3) is 10.8 Å². The average molecular weight is 436 g/mol. The zero-order chi connectivity index (χ0) is 20.9. The number of aromatic nitrogens is 2. The molecule has 7 heteroatoms. The summed E-state index contributed by atoms with van der Waals surface area (Å²) in [7, 11) is 0. The van der Waals surface area contributed by atoms with Crippen LogP contribution in [0.3, 0.4) is 0 Å². The Labute approximate surface area is 183 Å². The molecule has 0 aliphatic rings. The van der Waals surface area contributed by atoms with Crippen LogP contribution in [0.1, 0.15) is 16.7 Å². The monoisotopic (exact) mass is 435 g/mol. The number of carbonyl (C=O) groups is 1. The van der Waals surface area contributed by atoms with Gasteiger partial charge in [-0.1, -0.05) is 71.6 Å². The van der Waals surface area contributed by atoms with E-state index < -0.39 is 0 Å². The number of anilines is 1. The fraction of sp³-hybridized carbons (Fsp3) is 0.174. The van der Waals surface area contributed by atoms with E-state index in [-0.39, 0.29) is 12.5 Å². The van der Waals surface area contributed by atoms with Crippen molar-refractivity contribution in [2.45, 2.75) is 23.9 Å². The van der Waals surface area contributed by atoms with Crippen LogP contribution in [0.5, 0.6) is 5.75 Å². The van der Waals surface area contributed by atoms with Gasteiger partial charge in [-0.05, 0) is 53.4 Å². The molecule has 1 N–H and O–H groups in total. The number of rotatable bonds is 7. The van der Waals surface area contributed by atoms with Crippen LogP contribution in [-0.4, -0.2) is 22.7 Å². The van der Waals surface area contributed by atoms with E-state index in [0.29, 0.717) is 10.9 Å². The van der Waals surface area contributed by atoms with Crippen LogP contribution in [0, 0.1) is 13.8 Å². The van der Waals surface area contributed by atoms with E-state index in [1.54, 1.807) is 11.8 Å². The van der Waals surface area contributed by atoms with E-state index in [1.165, 1.54) is 27.7 Å². The summed E-state index contributed by atoms with van der Waals surface area (Å²) >= 11 is 2.98. The predicted octanol–water partition coefficient (Wildman–Crippen LogP) is 5.62. The number of fused-ring (bicyclic) bond motifs is 1. The van der Waals surface area contributed by atoms with Gasteiger partial charge in [-0.25, -0.2) is 0 Å². The van der Waals surface area contributed by atoms with E-state index in [4.69, 9.17) is 4.74 Å². The number of hydrogen-bond acceptors (Lipinski definition) is 6. The van der Waals surface area contributed by atoms with Gasteiger partial charge in [0.1, 0.15) is 5.75 Å². The van der Waals surface area contributed by atoms with Crippen molar-refractivity contribution in [1.29, 1.82) is 0 Å². The molecule has 4 rings (SSSR count). The minimum absolute atomic E-state index is 0.0685. The highest BCUT2D eigenvalue weighted by Crippen LogP contribution is 2.30. The third kappa shape index (κ3) is 5.17. The molecule has 3 aromatic carbocycles. The standard InChI is InChI=1S/C23H21N3O2S2/c1-15-10-16(2)12-19(11-15)28-13-21(27)24-22-25-26-23(30-22)29-14-18-8-5-7-17-6-3-4-9-20(17)18/h3-12H,13-14H2,1-2H3,(H,24,25,27). The topological polar surface area (TPSA) is 64.1 Å². The Kier molecular flexibility index (Phi) is 6.30. The van der Waals surface area contributed by atoms with Gasteiger partial charge >= 0.3 is 0 Å². The summed E-state index contributed by atoms with van der Waals surface area (Å²) < 4.78 is 6.41. The van der Waals surface area contributed by atoms with Crippen molar-refractivity contribution in [2.24, 2.45) is 0 Å². The highest BCUT2D eigenvalue weighted by Gasteiger charge is 2.10. The van der Waals surface area contributed by atoms with Crippen LogP contribution in [0.2, 0.25) is 0 Å². The van der Waals surface area contributed by atoms with Gasteiger partial charge in [-0.2, -0.15) is 0 Å². The lowest BCUT2D eigenvalue weighted by Gasteiger charge is -2.07. The molecule has 0 fully saturated rings. The fourth-order valence-corrected chi connectivity index (χ4v) is 4.97. The van der Waals surface area contributed by atoms with Crippen LogP contribution >= 0.6 is 23.1 Å². The van der Waals surface area contributed by atoms with E-state index in [9.17, 15) is 4.79 Å². The molecule has 30 heavy (non-hydrogen) atoms. The summed E-state index contributed by atoms with van der Waals surface area (Å²) in [6.07, 6.45) is 0. The number of amides is 1. The molecule has 0 aliphatic carbocycles. The number of thioether (sulfide) groups is 1. The van der Waals surface area contributed by atoms with Crippen LogP contribution in [0.4, 0.5) is 5.13 Å². The molecule has 4 aromatic rings. The number of benzene rings is 3. The minimum atomic E-state index is -0.254. The number of ether oxygens (including phenoxy) is 1. The molecular weight excluding hydrogens is 414 g/mol. The van der Waals surface area contributed by atoms with Gasteiger partial charge < -0.3 is 4.74 Å². The Balaban J connectivity index is 1.32. The van der Waals surface area contributed by atoms with Gasteiger partial charge in [0.05, 0.1) is 0 Å². The van der Waals surface area contributed by atoms with Crippen molar-refractivity contribution < 1.29 is 9.53 Å². The molecule has 0 atom stereocenters. The Morgan fingerprint density at radius 2 is 1.80 bits per heavy atom. The van der Waals surface area contributed by atoms with Gasteiger partial charge in [0, 0.05) is 5.75 Å². The second-order valence-electron chi connectivity index (χ2n) is 6.96. The Bertz CT molecular complexity index is 1160. The Hall–Kier alpha value is -2.90. The summed E-state index contributed by atoms with van der Waals surface area (Å²) in [4.78, 5) is 12.2. The molecule has 0 radical (unpaired) electrons. The second-order valence-corrected chi connectivity index (χ2v) is 9.16. The summed E-state index contributed by atoms with van der Waals surface area (Å²) in [6, 6.07) is 20.5. The maximum Gasteiger partial charge on any atom is 0.264 e. The van der Waals surface area contributed by atoms with Gasteiger partial charge in [-0.15, -0.1) is 10.2 Å². The Morgan fingerprint density at radius 1 is 1.03 bits per heavy atom. The summed E-state index contributed by atoms with van der Waals surface area (Å²) in [5, 5.41) is 14.0. The lowest BCUT2D eigenvalue weighted by Crippen LogP contribution is -2.20. The zero-order valence-electron chi connectivity index (χ0n) is 16.7. The fourth-order valence-electron chi connectivity index (χ4n) is 3.20. The van der Waals surface area contributed by atoms with Crippen molar-refractivity contribution in [2.75, 3.05) is 11.9 Å². The van der Waals surface area contributed by atoms with Gasteiger partial charge in [0.2, 0.25) is 5.13 Å². The molecule has 0 unspecified atom stereocenters. The average Bonchev–Trinajstić information content (AvgIpc) is 3.17. The predicted molar refractivity (Wildman–Crippen MR) is 123 cm³/mol. The smallest absolute Gasteiger partial charge is 0.264 e. The highest BCUT2D eigenvalue weighted by molar-refractivity contribution is 8.00. The lowest BCUT2D eigenvalue weighted by atomic mass is 10.1. The highest BCUT2D eigenvalue weighted by atomic mass is 32.2. The molecule has 0 saturated heterocycles. The van der Waals surface area contributed by atoms with E-state index >= 15 is 0 Å². The van der Waals surface area contributed by atoms with Crippen LogP contribution in [0.15, 0.2) is 65.0 Å². The quantitative estimate of drug-likeness (QED) is 0.302. The molecule has 5 nitrogen and oxygen atoms in total. The maximum absolute atomic E-state index is 12.2. The maximum atomic E-state index is 12.2. The molecule has 1 aromatic heterocycles. The molecule has 1 heterocycles. The molecule has 0 aliphatic heterocycles. The van der Waals surface area contributed by atoms with E-state index in [0.717, 1.165) is 21.2 Å². The first-order valence-electron chi connectivity index (χ1n) is 9.51. The van der Waals surface area contributed by atoms with Crippen LogP contribution < -0.4 is 10.1 Å². The number of carbonyl (C=O) groups excluding carboxylic acids is 1. The minimum Gasteiger partial charge on any atom is -0.484 e. The number of nitrogens with one attached hydrogen (secondary N) is 1. The van der Waals surface area contributed by atoms with Crippen LogP contribution in [-0.2, 0) is 10.5 Å². The third-order valence-corrected chi connectivity index (χ3v) is 6.47. The first kappa shape index (κ1) is 20.4. The summed E-state index contributed by atoms with van der Waals surface area (Å²) in [5.74, 6) is 1.22. The van der Waals surface area contributed by atoms with E-state index in [1.807, 2.05) is 32.0 Å². The molecule has 0 saturated carbocycles. The first-order chi connectivity index (χ1) is 14.6. The SMILES string of the molecule is Cc1cc(C)cc(OCC(=O)Nc2nnc(SCc3cccc4ccccc34)s2)c1. The van der Waals surface area contributed by atoms with Crippen molar-refractivity contribution >= 4 is 44.9 Å². The molecule has 0 bridgehead atoms. The zero-order valence-corrected chi connectivity index (χ0v) is 18.3. The molecule has 0 spiro atoms. The van der Waals surface area contributed by atoms with Crippen molar-refractivity contribution in [3.8, 4) is 5.75 Å². The largest absolute Gasteiger partial charge is 0.484 e. The molecule has 1 amide bonds. The van der Waals surface area contributed by atoms with Gasteiger partial charge in [0.25, 0.3) is 5.91 Å². The van der Waals surface area contributed by atoms with Crippen molar-refractivity contribution in [3.05, 3.63) is 77.4 Å². The van der Waals surface area contributed by atoms with Gasteiger partial charge in [-0.3, -0.25) is 10.1 Å². The number of hydrogen-bond donors (Lipinski definition) is 1. The van der Waals surface area contributed by atoms with Crippen molar-refractivity contribution in [3.63, 3.8) is 0 Å². The van der Waals surface area contributed by atoms with Crippen molar-refractivity contribution in [1.82, 2.24) is 10.2 Å². The Morgan fingerprint density at radius 3 is 2.63 bits per heavy atom. The number of nitrogens with zero attached hydrogens (tertiary/aromatic N) is 2. The molecular formula is C23H21N3O2S2. The van der Waals surface area contributed by atoms with Gasteiger partial charge in [0.15, 0.2) is 10.9 Å². The first-order valence-corrected chi connectivity index (χ1v) is 11.3. The number of aryl methyl sites for hydroxylation is 2. The molecule has 152 valence electrons. The summed E-state index contributed by atoms with van der Waals surface area (Å²) in [6.45, 7) is 3.93.